The third-order valence-electron chi connectivity index (χ3n) is 4.10. The molecule has 2 heterocycles. The van der Waals surface area contributed by atoms with Gasteiger partial charge in [-0.15, -0.1) is 0 Å². The van der Waals surface area contributed by atoms with Gasteiger partial charge < -0.3 is 4.57 Å². The second-order valence-electron chi connectivity index (χ2n) is 5.72. The Kier molecular flexibility index (Phi) is 3.74. The van der Waals surface area contributed by atoms with Crippen LogP contribution in [0.4, 0.5) is 5.95 Å². The Labute approximate surface area is 143 Å². The van der Waals surface area contributed by atoms with Gasteiger partial charge in [-0.25, -0.2) is 9.97 Å². The topological polar surface area (TPSA) is 88.5 Å². The summed E-state index contributed by atoms with van der Waals surface area (Å²) >= 11 is 0. The summed E-state index contributed by atoms with van der Waals surface area (Å²) in [5, 5.41) is 9.09. The van der Waals surface area contributed by atoms with Gasteiger partial charge in [0, 0.05) is 0 Å². The molecular formula is C18H16N6O. The SMILES string of the molecule is Cc1ccccc1Cn1c(NC(=O)c2ncn[nH]2)nc2ccccc21. The molecular weight excluding hydrogens is 316 g/mol. The quantitative estimate of drug-likeness (QED) is 0.601. The van der Waals surface area contributed by atoms with E-state index in [2.05, 4.69) is 44.5 Å². The lowest BCUT2D eigenvalue weighted by Crippen LogP contribution is -2.18. The average Bonchev–Trinajstić information content (AvgIpc) is 3.26. The summed E-state index contributed by atoms with van der Waals surface area (Å²) in [4.78, 5) is 20.8. The van der Waals surface area contributed by atoms with E-state index < -0.39 is 0 Å². The highest BCUT2D eigenvalue weighted by Gasteiger charge is 2.16. The van der Waals surface area contributed by atoms with Crippen molar-refractivity contribution in [3.63, 3.8) is 0 Å². The van der Waals surface area contributed by atoms with Gasteiger partial charge in [-0.05, 0) is 30.2 Å². The summed E-state index contributed by atoms with van der Waals surface area (Å²) < 4.78 is 1.99. The molecule has 0 saturated heterocycles. The van der Waals surface area contributed by atoms with Gasteiger partial charge in [0.05, 0.1) is 17.6 Å². The number of H-pyrrole nitrogens is 1. The fourth-order valence-electron chi connectivity index (χ4n) is 2.76. The lowest BCUT2D eigenvalue weighted by atomic mass is 10.1. The molecule has 2 aromatic carbocycles. The van der Waals surface area contributed by atoms with Gasteiger partial charge in [0.1, 0.15) is 6.33 Å². The van der Waals surface area contributed by atoms with Crippen LogP contribution in [-0.2, 0) is 6.54 Å². The van der Waals surface area contributed by atoms with Gasteiger partial charge in [0.25, 0.3) is 5.91 Å². The Morgan fingerprint density at radius 1 is 1.16 bits per heavy atom. The molecule has 0 unspecified atom stereocenters. The van der Waals surface area contributed by atoms with Crippen LogP contribution < -0.4 is 5.32 Å². The van der Waals surface area contributed by atoms with E-state index in [1.807, 2.05) is 41.0 Å². The lowest BCUT2D eigenvalue weighted by Gasteiger charge is -2.11. The molecule has 0 aliphatic rings. The van der Waals surface area contributed by atoms with Gasteiger partial charge >= 0.3 is 0 Å². The van der Waals surface area contributed by atoms with Crippen molar-refractivity contribution in [2.45, 2.75) is 13.5 Å². The summed E-state index contributed by atoms with van der Waals surface area (Å²) in [5.41, 5.74) is 4.14. The van der Waals surface area contributed by atoms with Crippen LogP contribution in [-0.4, -0.2) is 30.6 Å². The molecule has 0 atom stereocenters. The lowest BCUT2D eigenvalue weighted by molar-refractivity contribution is 0.101. The number of carbonyl (C=O) groups is 1. The van der Waals surface area contributed by atoms with E-state index in [4.69, 9.17) is 0 Å². The van der Waals surface area contributed by atoms with E-state index in [0.29, 0.717) is 12.5 Å². The van der Waals surface area contributed by atoms with E-state index in [-0.39, 0.29) is 11.7 Å². The number of nitrogens with zero attached hydrogens (tertiary/aromatic N) is 4. The number of anilines is 1. The first-order valence-corrected chi connectivity index (χ1v) is 7.89. The van der Waals surface area contributed by atoms with Crippen LogP contribution in [0.5, 0.6) is 0 Å². The molecule has 124 valence electrons. The summed E-state index contributed by atoms with van der Waals surface area (Å²) in [6.07, 6.45) is 1.30. The summed E-state index contributed by atoms with van der Waals surface area (Å²) in [6, 6.07) is 16.0. The van der Waals surface area contributed by atoms with Crippen LogP contribution in [0.25, 0.3) is 11.0 Å². The zero-order chi connectivity index (χ0) is 17.2. The first-order valence-electron chi connectivity index (χ1n) is 7.89. The zero-order valence-corrected chi connectivity index (χ0v) is 13.6. The average molecular weight is 332 g/mol. The van der Waals surface area contributed by atoms with Crippen LogP contribution in [0.2, 0.25) is 0 Å². The Bertz CT molecular complexity index is 1030. The second-order valence-corrected chi connectivity index (χ2v) is 5.72. The molecule has 0 bridgehead atoms. The molecule has 4 aromatic rings. The largest absolute Gasteiger partial charge is 0.305 e. The number of nitrogens with one attached hydrogen (secondary N) is 2. The minimum Gasteiger partial charge on any atom is -0.305 e. The number of carbonyl (C=O) groups excluding carboxylic acids is 1. The number of imidazole rings is 1. The smallest absolute Gasteiger partial charge is 0.295 e. The molecule has 4 rings (SSSR count). The number of aryl methyl sites for hydroxylation is 1. The molecule has 25 heavy (non-hydrogen) atoms. The Morgan fingerprint density at radius 3 is 2.76 bits per heavy atom. The number of rotatable bonds is 4. The van der Waals surface area contributed by atoms with Crippen LogP contribution in [0, 0.1) is 6.92 Å². The van der Waals surface area contributed by atoms with Crippen molar-refractivity contribution >= 4 is 22.9 Å². The number of fused-ring (bicyclic) bond motifs is 1. The van der Waals surface area contributed by atoms with Crippen LogP contribution >= 0.6 is 0 Å². The highest BCUT2D eigenvalue weighted by Crippen LogP contribution is 2.22. The number of amides is 1. The molecule has 2 N–H and O–H groups in total. The van der Waals surface area contributed by atoms with Gasteiger partial charge in [-0.1, -0.05) is 36.4 Å². The van der Waals surface area contributed by atoms with Crippen molar-refractivity contribution in [2.75, 3.05) is 5.32 Å². The molecule has 2 aromatic heterocycles. The van der Waals surface area contributed by atoms with Gasteiger partial charge in [0.2, 0.25) is 11.8 Å². The Hall–Kier alpha value is -3.48. The standard InChI is InChI=1S/C18H16N6O/c1-12-6-2-3-7-13(12)10-24-15-9-5-4-8-14(15)21-18(24)22-17(25)16-19-11-20-23-16/h2-9,11H,10H2,1H3,(H,19,20,23)(H,21,22,25). The van der Waals surface area contributed by atoms with Gasteiger partial charge in [0.15, 0.2) is 0 Å². The predicted octanol–water partition coefficient (Wildman–Crippen LogP) is 2.76. The molecule has 0 radical (unpaired) electrons. The number of hydrogen-bond donors (Lipinski definition) is 2. The Balaban J connectivity index is 1.76. The van der Waals surface area contributed by atoms with Crippen LogP contribution in [0.3, 0.4) is 0 Å². The molecule has 0 spiro atoms. The zero-order valence-electron chi connectivity index (χ0n) is 13.6. The number of benzene rings is 2. The highest BCUT2D eigenvalue weighted by atomic mass is 16.2. The highest BCUT2D eigenvalue weighted by molar-refractivity contribution is 6.01. The number of para-hydroxylation sites is 2. The van der Waals surface area contributed by atoms with Gasteiger partial charge in [-0.3, -0.25) is 15.2 Å². The fraction of sp³-hybridized carbons (Fsp3) is 0.111. The second kappa shape index (κ2) is 6.20. The molecule has 0 saturated carbocycles. The van der Waals surface area contributed by atoms with E-state index in [1.165, 1.54) is 17.5 Å². The first-order chi connectivity index (χ1) is 12.2. The Morgan fingerprint density at radius 2 is 1.96 bits per heavy atom. The van der Waals surface area contributed by atoms with Crippen molar-refractivity contribution in [1.82, 2.24) is 24.7 Å². The minimum atomic E-state index is -0.376. The third-order valence-corrected chi connectivity index (χ3v) is 4.10. The van der Waals surface area contributed by atoms with Crippen LogP contribution in [0.15, 0.2) is 54.9 Å². The van der Waals surface area contributed by atoms with Crippen LogP contribution in [0.1, 0.15) is 21.7 Å². The third kappa shape index (κ3) is 2.87. The van der Waals surface area contributed by atoms with E-state index in [1.54, 1.807) is 0 Å². The summed E-state index contributed by atoms with van der Waals surface area (Å²) in [7, 11) is 0. The van der Waals surface area contributed by atoms with Gasteiger partial charge in [-0.2, -0.15) is 5.10 Å². The maximum atomic E-state index is 12.3. The predicted molar refractivity (Wildman–Crippen MR) is 94.3 cm³/mol. The van der Waals surface area contributed by atoms with E-state index >= 15 is 0 Å². The fourth-order valence-corrected chi connectivity index (χ4v) is 2.76. The maximum Gasteiger partial charge on any atom is 0.295 e. The van der Waals surface area contributed by atoms with E-state index in [0.717, 1.165) is 11.0 Å². The van der Waals surface area contributed by atoms with E-state index in [9.17, 15) is 4.79 Å². The molecule has 0 aliphatic heterocycles. The summed E-state index contributed by atoms with van der Waals surface area (Å²) in [6.45, 7) is 2.68. The number of hydrogen-bond acceptors (Lipinski definition) is 4. The normalized spacial score (nSPS) is 10.9. The van der Waals surface area contributed by atoms with Crippen molar-refractivity contribution in [1.29, 1.82) is 0 Å². The van der Waals surface area contributed by atoms with Crippen molar-refractivity contribution < 1.29 is 4.79 Å². The van der Waals surface area contributed by atoms with Crippen molar-refractivity contribution in [2.24, 2.45) is 0 Å². The molecule has 7 nitrogen and oxygen atoms in total. The summed E-state index contributed by atoms with van der Waals surface area (Å²) in [5.74, 6) is 0.249. The minimum absolute atomic E-state index is 0.148. The molecule has 0 aliphatic carbocycles. The monoisotopic (exact) mass is 332 g/mol. The van der Waals surface area contributed by atoms with Crippen molar-refractivity contribution in [3.8, 4) is 0 Å². The molecule has 1 amide bonds. The maximum absolute atomic E-state index is 12.3. The first kappa shape index (κ1) is 15.1. The number of aromatic nitrogens is 5. The number of aromatic amines is 1. The molecule has 0 fully saturated rings. The molecule has 7 heteroatoms. The van der Waals surface area contributed by atoms with Crippen molar-refractivity contribution in [3.05, 3.63) is 71.8 Å².